The third kappa shape index (κ3) is 12.6. The van der Waals surface area contributed by atoms with E-state index in [4.69, 9.17) is 49.0 Å². The van der Waals surface area contributed by atoms with E-state index in [9.17, 15) is 19.5 Å². The molecule has 0 saturated carbocycles. The van der Waals surface area contributed by atoms with Crippen LogP contribution in [-0.2, 0) is 23.8 Å². The van der Waals surface area contributed by atoms with Crippen molar-refractivity contribution in [2.45, 2.75) is 82.4 Å². The maximum Gasteiger partial charge on any atom is 0.508 e. The van der Waals surface area contributed by atoms with Crippen LogP contribution in [0.15, 0.2) is 12.7 Å². The molecule has 0 heterocycles. The zero-order valence-corrected chi connectivity index (χ0v) is 21.1. The third-order valence-electron chi connectivity index (χ3n) is 4.49. The number of carbonyl (C=O) groups is 3. The van der Waals surface area contributed by atoms with Gasteiger partial charge < -0.3 is 19.3 Å². The third-order valence-corrected chi connectivity index (χ3v) is 4.82. The SMILES string of the molecule is C=CCC(C)C(CC(=O)C(C)(C)C(O)CC(=O)OC(C)(C)C)OC(=O)OCC(Cl)(Cl)Cl. The molecule has 0 aromatic heterocycles. The molecule has 0 fully saturated rings. The van der Waals surface area contributed by atoms with Crippen LogP contribution in [0.5, 0.6) is 0 Å². The molecule has 31 heavy (non-hydrogen) atoms. The van der Waals surface area contributed by atoms with Crippen LogP contribution in [0.1, 0.15) is 60.8 Å². The fourth-order valence-corrected chi connectivity index (χ4v) is 2.66. The second-order valence-corrected chi connectivity index (χ2v) is 11.5. The number of esters is 1. The monoisotopic (exact) mass is 502 g/mol. The Labute approximate surface area is 199 Å². The number of hydrogen-bond donors (Lipinski definition) is 1. The van der Waals surface area contributed by atoms with Crippen LogP contribution in [-0.4, -0.2) is 51.2 Å². The van der Waals surface area contributed by atoms with Crippen molar-refractivity contribution in [1.82, 2.24) is 0 Å². The van der Waals surface area contributed by atoms with Crippen LogP contribution >= 0.6 is 34.8 Å². The van der Waals surface area contributed by atoms with Gasteiger partial charge in [0.15, 0.2) is 0 Å². The van der Waals surface area contributed by atoms with Crippen LogP contribution < -0.4 is 0 Å². The maximum absolute atomic E-state index is 13.0. The largest absolute Gasteiger partial charge is 0.508 e. The molecule has 0 aromatic carbocycles. The fraction of sp³-hybridized carbons (Fsp3) is 0.762. The number of halogens is 3. The van der Waals surface area contributed by atoms with E-state index in [1.807, 2.05) is 0 Å². The van der Waals surface area contributed by atoms with E-state index >= 15 is 0 Å². The maximum atomic E-state index is 13.0. The van der Waals surface area contributed by atoms with Gasteiger partial charge in [-0.25, -0.2) is 4.79 Å². The van der Waals surface area contributed by atoms with Gasteiger partial charge in [-0.3, -0.25) is 9.59 Å². The highest BCUT2D eigenvalue weighted by molar-refractivity contribution is 6.67. The van der Waals surface area contributed by atoms with Crippen molar-refractivity contribution in [2.75, 3.05) is 6.61 Å². The number of Topliss-reactive ketones (excluding diaryl/α,β-unsaturated/α-hetero) is 1. The molecule has 180 valence electrons. The van der Waals surface area contributed by atoms with Gasteiger partial charge in [0.1, 0.15) is 24.1 Å². The average Bonchev–Trinajstić information content (AvgIpc) is 2.56. The summed E-state index contributed by atoms with van der Waals surface area (Å²) >= 11 is 16.7. The van der Waals surface area contributed by atoms with E-state index in [2.05, 4.69) is 6.58 Å². The summed E-state index contributed by atoms with van der Waals surface area (Å²) in [5, 5.41) is 10.5. The first-order valence-electron chi connectivity index (χ1n) is 9.83. The number of hydrogen-bond acceptors (Lipinski definition) is 7. The molecule has 10 heteroatoms. The van der Waals surface area contributed by atoms with Crippen molar-refractivity contribution in [3.63, 3.8) is 0 Å². The van der Waals surface area contributed by atoms with E-state index in [1.165, 1.54) is 13.8 Å². The van der Waals surface area contributed by atoms with Crippen molar-refractivity contribution < 1.29 is 33.7 Å². The number of aliphatic hydroxyl groups excluding tert-OH is 1. The second kappa shape index (κ2) is 12.3. The van der Waals surface area contributed by atoms with Gasteiger partial charge in [-0.2, -0.15) is 0 Å². The van der Waals surface area contributed by atoms with E-state index in [0.717, 1.165) is 0 Å². The lowest BCUT2D eigenvalue weighted by Gasteiger charge is -2.32. The zero-order valence-electron chi connectivity index (χ0n) is 18.9. The molecule has 0 rings (SSSR count). The normalized spacial score (nSPS) is 15.4. The highest BCUT2D eigenvalue weighted by atomic mass is 35.6. The number of alkyl halides is 3. The van der Waals surface area contributed by atoms with Crippen LogP contribution in [0.4, 0.5) is 4.79 Å². The standard InChI is InChI=1S/C21H33Cl3O7/c1-8-9-13(2)14(30-18(28)29-12-21(22,23)24)10-15(25)20(6,7)16(26)11-17(27)31-19(3,4)5/h8,13-14,16,26H,1,9-12H2,2-7H3. The molecule has 3 unspecified atom stereocenters. The Morgan fingerprint density at radius 2 is 1.61 bits per heavy atom. The molecule has 0 aliphatic carbocycles. The topological polar surface area (TPSA) is 99.1 Å². The summed E-state index contributed by atoms with van der Waals surface area (Å²) in [7, 11) is 0. The number of ether oxygens (including phenoxy) is 3. The molecular weight excluding hydrogens is 471 g/mol. The van der Waals surface area contributed by atoms with Gasteiger partial charge in [0.25, 0.3) is 0 Å². The lowest BCUT2D eigenvalue weighted by Crippen LogP contribution is -2.42. The molecule has 1 N–H and O–H groups in total. The lowest BCUT2D eigenvalue weighted by atomic mass is 9.77. The predicted molar refractivity (Wildman–Crippen MR) is 120 cm³/mol. The summed E-state index contributed by atoms with van der Waals surface area (Å²) in [6, 6.07) is 0. The Bertz CT molecular complexity index is 636. The minimum absolute atomic E-state index is 0.212. The minimum Gasteiger partial charge on any atom is -0.460 e. The molecule has 0 aliphatic heterocycles. The van der Waals surface area contributed by atoms with Crippen molar-refractivity contribution in [3.8, 4) is 0 Å². The molecule has 7 nitrogen and oxygen atoms in total. The highest BCUT2D eigenvalue weighted by Gasteiger charge is 2.40. The molecule has 0 saturated heterocycles. The van der Waals surface area contributed by atoms with Gasteiger partial charge in [0, 0.05) is 11.8 Å². The molecular formula is C21H33Cl3O7. The summed E-state index contributed by atoms with van der Waals surface area (Å²) in [6.45, 7) is 13.0. The quantitative estimate of drug-likeness (QED) is 0.236. The minimum atomic E-state index is -1.80. The number of allylic oxidation sites excluding steroid dienone is 1. The summed E-state index contributed by atoms with van der Waals surface area (Å²) in [6.07, 6.45) is -1.74. The first kappa shape index (κ1) is 30.0. The van der Waals surface area contributed by atoms with Crippen LogP contribution in [0.3, 0.4) is 0 Å². The lowest BCUT2D eigenvalue weighted by molar-refractivity contribution is -0.159. The Kier molecular flexibility index (Phi) is 11.9. The van der Waals surface area contributed by atoms with Crippen molar-refractivity contribution in [1.29, 1.82) is 0 Å². The van der Waals surface area contributed by atoms with Crippen LogP contribution in [0.2, 0.25) is 0 Å². The number of carbonyl (C=O) groups excluding carboxylic acids is 3. The highest BCUT2D eigenvalue weighted by Crippen LogP contribution is 2.30. The van der Waals surface area contributed by atoms with Gasteiger partial charge in [-0.15, -0.1) is 6.58 Å². The summed E-state index contributed by atoms with van der Waals surface area (Å²) in [5.74, 6) is -1.30. The molecule has 0 spiro atoms. The average molecular weight is 504 g/mol. The Morgan fingerprint density at radius 1 is 1.06 bits per heavy atom. The smallest absolute Gasteiger partial charge is 0.460 e. The molecule has 3 atom stereocenters. The Hall–Kier alpha value is -1.02. The van der Waals surface area contributed by atoms with Gasteiger partial charge in [0.2, 0.25) is 3.79 Å². The first-order valence-corrected chi connectivity index (χ1v) is 11.0. The molecule has 0 amide bonds. The molecule has 0 bridgehead atoms. The fourth-order valence-electron chi connectivity index (χ4n) is 2.50. The van der Waals surface area contributed by atoms with E-state index in [0.29, 0.717) is 6.42 Å². The first-order chi connectivity index (χ1) is 13.9. The predicted octanol–water partition coefficient (Wildman–Crippen LogP) is 5.17. The van der Waals surface area contributed by atoms with E-state index in [-0.39, 0.29) is 18.8 Å². The number of rotatable bonds is 11. The van der Waals surface area contributed by atoms with E-state index in [1.54, 1.807) is 33.8 Å². The van der Waals surface area contributed by atoms with Gasteiger partial charge >= 0.3 is 12.1 Å². The number of ketones is 1. The Morgan fingerprint density at radius 3 is 2.06 bits per heavy atom. The zero-order chi connectivity index (χ0) is 24.6. The number of aliphatic hydroxyl groups is 1. The van der Waals surface area contributed by atoms with E-state index < -0.39 is 51.5 Å². The van der Waals surface area contributed by atoms with Crippen molar-refractivity contribution >= 4 is 52.7 Å². The molecule has 0 aromatic rings. The molecule has 0 aliphatic rings. The summed E-state index contributed by atoms with van der Waals surface area (Å²) in [5.41, 5.74) is -2.01. The summed E-state index contributed by atoms with van der Waals surface area (Å²) in [4.78, 5) is 37.0. The van der Waals surface area contributed by atoms with Crippen LogP contribution in [0, 0.1) is 11.3 Å². The van der Waals surface area contributed by atoms with Crippen molar-refractivity contribution in [2.24, 2.45) is 11.3 Å². The second-order valence-electron chi connectivity index (χ2n) is 8.97. The Balaban J connectivity index is 5.22. The van der Waals surface area contributed by atoms with Crippen molar-refractivity contribution in [3.05, 3.63) is 12.7 Å². The summed E-state index contributed by atoms with van der Waals surface area (Å²) < 4.78 is 13.4. The van der Waals surface area contributed by atoms with Gasteiger partial charge in [-0.1, -0.05) is 61.7 Å². The van der Waals surface area contributed by atoms with Gasteiger partial charge in [-0.05, 0) is 33.1 Å². The molecule has 0 radical (unpaired) electrons. The van der Waals surface area contributed by atoms with Crippen LogP contribution in [0.25, 0.3) is 0 Å². The van der Waals surface area contributed by atoms with Gasteiger partial charge in [0.05, 0.1) is 12.5 Å².